The third-order valence-corrected chi connectivity index (χ3v) is 3.90. The van der Waals surface area contributed by atoms with Crippen LogP contribution in [0.3, 0.4) is 0 Å². The second-order valence-electron chi connectivity index (χ2n) is 5.96. The Morgan fingerprint density at radius 3 is 2.77 bits per heavy atom. The summed E-state index contributed by atoms with van der Waals surface area (Å²) in [4.78, 5) is 16.4. The number of para-hydroxylation sites is 1. The number of benzene rings is 2. The van der Waals surface area contributed by atoms with Crippen LogP contribution >= 0.6 is 0 Å². The molecule has 2 N–H and O–H groups in total. The van der Waals surface area contributed by atoms with Crippen molar-refractivity contribution in [1.82, 2.24) is 10.3 Å². The molecule has 0 atom stereocenters. The van der Waals surface area contributed by atoms with E-state index in [0.717, 1.165) is 22.4 Å². The minimum atomic E-state index is -0.138. The number of nitrogens with zero attached hydrogens (tertiary/aromatic N) is 1. The van der Waals surface area contributed by atoms with Gasteiger partial charge in [0.2, 0.25) is 11.8 Å². The molecule has 1 heterocycles. The van der Waals surface area contributed by atoms with Crippen LogP contribution in [0.25, 0.3) is 0 Å². The van der Waals surface area contributed by atoms with E-state index in [1.54, 1.807) is 36.5 Å². The predicted octanol–water partition coefficient (Wildman–Crippen LogP) is 3.75. The number of carbonyl (C=O) groups excluding carboxylic acids is 1. The van der Waals surface area contributed by atoms with Gasteiger partial charge in [0.05, 0.1) is 6.42 Å². The van der Waals surface area contributed by atoms with Crippen LogP contribution in [0, 0.1) is 6.92 Å². The monoisotopic (exact) mass is 348 g/mol. The van der Waals surface area contributed by atoms with Crippen molar-refractivity contribution in [2.24, 2.45) is 0 Å². The van der Waals surface area contributed by atoms with Gasteiger partial charge in [0.25, 0.3) is 0 Å². The third-order valence-electron chi connectivity index (χ3n) is 3.90. The van der Waals surface area contributed by atoms with Crippen molar-refractivity contribution in [2.75, 3.05) is 0 Å². The molecule has 5 nitrogen and oxygen atoms in total. The van der Waals surface area contributed by atoms with E-state index in [1.807, 2.05) is 37.3 Å². The van der Waals surface area contributed by atoms with Gasteiger partial charge in [-0.05, 0) is 42.3 Å². The summed E-state index contributed by atoms with van der Waals surface area (Å²) in [5.41, 5.74) is 2.56. The van der Waals surface area contributed by atoms with Crippen molar-refractivity contribution in [2.45, 2.75) is 19.9 Å². The number of pyridine rings is 1. The topological polar surface area (TPSA) is 71.5 Å². The Kier molecular flexibility index (Phi) is 5.49. The molecule has 0 aliphatic carbocycles. The molecule has 0 fully saturated rings. The van der Waals surface area contributed by atoms with Gasteiger partial charge in [0, 0.05) is 18.3 Å². The number of nitrogens with one attached hydrogen (secondary N) is 1. The average Bonchev–Trinajstić information content (AvgIpc) is 2.63. The molecule has 2 aromatic carbocycles. The van der Waals surface area contributed by atoms with Gasteiger partial charge < -0.3 is 15.2 Å². The summed E-state index contributed by atoms with van der Waals surface area (Å²) in [6.07, 6.45) is 1.86. The first-order valence-electron chi connectivity index (χ1n) is 8.34. The second-order valence-corrected chi connectivity index (χ2v) is 5.96. The molecule has 0 saturated carbocycles. The zero-order chi connectivity index (χ0) is 18.4. The lowest BCUT2D eigenvalue weighted by Crippen LogP contribution is -2.24. The number of phenolic OH excluding ortho intramolecular Hbond substituents is 1. The SMILES string of the molecule is Cc1ccccc1Oc1ncccc1CNC(=O)Cc1cccc(O)c1. The normalized spacial score (nSPS) is 10.3. The first-order chi connectivity index (χ1) is 12.6. The first kappa shape index (κ1) is 17.5. The van der Waals surface area contributed by atoms with E-state index >= 15 is 0 Å². The van der Waals surface area contributed by atoms with E-state index in [2.05, 4.69) is 10.3 Å². The molecule has 0 saturated heterocycles. The van der Waals surface area contributed by atoms with E-state index in [-0.39, 0.29) is 18.1 Å². The van der Waals surface area contributed by atoms with Gasteiger partial charge in [0.1, 0.15) is 11.5 Å². The van der Waals surface area contributed by atoms with Gasteiger partial charge in [-0.2, -0.15) is 0 Å². The Bertz CT molecular complexity index is 909. The summed E-state index contributed by atoms with van der Waals surface area (Å²) in [5, 5.41) is 12.3. The Hall–Kier alpha value is -3.34. The number of amides is 1. The van der Waals surface area contributed by atoms with E-state index in [0.29, 0.717) is 12.4 Å². The maximum Gasteiger partial charge on any atom is 0.224 e. The summed E-state index contributed by atoms with van der Waals surface area (Å²) >= 11 is 0. The molecule has 26 heavy (non-hydrogen) atoms. The molecule has 0 spiro atoms. The molecule has 1 amide bonds. The highest BCUT2D eigenvalue weighted by Gasteiger charge is 2.10. The molecule has 0 bridgehead atoms. The number of hydrogen-bond acceptors (Lipinski definition) is 4. The fraction of sp³-hybridized carbons (Fsp3) is 0.143. The summed E-state index contributed by atoms with van der Waals surface area (Å²) in [7, 11) is 0. The minimum Gasteiger partial charge on any atom is -0.508 e. The smallest absolute Gasteiger partial charge is 0.224 e. The van der Waals surface area contributed by atoms with Crippen LogP contribution in [0.2, 0.25) is 0 Å². The maximum absolute atomic E-state index is 12.2. The number of ether oxygens (including phenoxy) is 1. The second kappa shape index (κ2) is 8.16. The van der Waals surface area contributed by atoms with Crippen molar-refractivity contribution >= 4 is 5.91 Å². The fourth-order valence-electron chi connectivity index (χ4n) is 2.53. The molecule has 132 valence electrons. The number of aryl methyl sites for hydroxylation is 1. The quantitative estimate of drug-likeness (QED) is 0.712. The van der Waals surface area contributed by atoms with Gasteiger partial charge in [-0.15, -0.1) is 0 Å². The fourth-order valence-corrected chi connectivity index (χ4v) is 2.53. The highest BCUT2D eigenvalue weighted by molar-refractivity contribution is 5.78. The lowest BCUT2D eigenvalue weighted by atomic mass is 10.1. The number of aromatic nitrogens is 1. The van der Waals surface area contributed by atoms with Gasteiger partial charge in [0.15, 0.2) is 0 Å². The number of hydrogen-bond donors (Lipinski definition) is 2. The molecular formula is C21H20N2O3. The van der Waals surface area contributed by atoms with E-state index in [4.69, 9.17) is 4.74 Å². The third kappa shape index (κ3) is 4.60. The zero-order valence-corrected chi connectivity index (χ0v) is 14.5. The molecule has 5 heteroatoms. The molecule has 3 aromatic rings. The lowest BCUT2D eigenvalue weighted by molar-refractivity contribution is -0.120. The molecule has 0 aliphatic rings. The van der Waals surface area contributed by atoms with E-state index < -0.39 is 0 Å². The van der Waals surface area contributed by atoms with Gasteiger partial charge in [-0.1, -0.05) is 36.4 Å². The summed E-state index contributed by atoms with van der Waals surface area (Å²) < 4.78 is 5.91. The van der Waals surface area contributed by atoms with Crippen molar-refractivity contribution < 1.29 is 14.6 Å². The summed E-state index contributed by atoms with van der Waals surface area (Å²) in [6, 6.07) is 18.1. The van der Waals surface area contributed by atoms with Gasteiger partial charge >= 0.3 is 0 Å². The van der Waals surface area contributed by atoms with E-state index in [1.165, 1.54) is 0 Å². The average molecular weight is 348 g/mol. The zero-order valence-electron chi connectivity index (χ0n) is 14.5. The highest BCUT2D eigenvalue weighted by Crippen LogP contribution is 2.25. The molecular weight excluding hydrogens is 328 g/mol. The Balaban J connectivity index is 1.65. The Labute approximate surface area is 152 Å². The standard InChI is InChI=1S/C21H20N2O3/c1-15-6-2-3-10-19(15)26-21-17(8-5-11-22-21)14-23-20(25)13-16-7-4-9-18(24)12-16/h2-12,24H,13-14H2,1H3,(H,23,25). The largest absolute Gasteiger partial charge is 0.508 e. The van der Waals surface area contributed by atoms with Crippen LogP contribution in [0.4, 0.5) is 0 Å². The van der Waals surface area contributed by atoms with Crippen molar-refractivity contribution in [3.8, 4) is 17.4 Å². The number of rotatable bonds is 6. The van der Waals surface area contributed by atoms with E-state index in [9.17, 15) is 9.90 Å². The van der Waals surface area contributed by atoms with Crippen LogP contribution in [-0.2, 0) is 17.8 Å². The van der Waals surface area contributed by atoms with Crippen molar-refractivity contribution in [3.63, 3.8) is 0 Å². The first-order valence-corrected chi connectivity index (χ1v) is 8.34. The van der Waals surface area contributed by atoms with Crippen LogP contribution in [0.15, 0.2) is 66.9 Å². The minimum absolute atomic E-state index is 0.138. The highest BCUT2D eigenvalue weighted by atomic mass is 16.5. The summed E-state index contributed by atoms with van der Waals surface area (Å²) in [6.45, 7) is 2.28. The molecule has 0 aliphatic heterocycles. The number of carbonyl (C=O) groups is 1. The Morgan fingerprint density at radius 1 is 1.12 bits per heavy atom. The van der Waals surface area contributed by atoms with Gasteiger partial charge in [-0.3, -0.25) is 4.79 Å². The lowest BCUT2D eigenvalue weighted by Gasteiger charge is -2.12. The Morgan fingerprint density at radius 2 is 1.96 bits per heavy atom. The van der Waals surface area contributed by atoms with Crippen molar-refractivity contribution in [1.29, 1.82) is 0 Å². The van der Waals surface area contributed by atoms with Crippen LogP contribution in [-0.4, -0.2) is 16.0 Å². The molecule has 0 radical (unpaired) electrons. The van der Waals surface area contributed by atoms with Crippen LogP contribution < -0.4 is 10.1 Å². The molecule has 0 unspecified atom stereocenters. The molecule has 1 aromatic heterocycles. The number of phenols is 1. The van der Waals surface area contributed by atoms with Crippen molar-refractivity contribution in [3.05, 3.63) is 83.6 Å². The summed E-state index contributed by atoms with van der Waals surface area (Å²) in [5.74, 6) is 1.22. The van der Waals surface area contributed by atoms with Crippen LogP contribution in [0.5, 0.6) is 17.4 Å². The predicted molar refractivity (Wildman–Crippen MR) is 99.1 cm³/mol. The molecule has 3 rings (SSSR count). The maximum atomic E-state index is 12.2. The number of aromatic hydroxyl groups is 1. The van der Waals surface area contributed by atoms with Crippen LogP contribution in [0.1, 0.15) is 16.7 Å². The van der Waals surface area contributed by atoms with Gasteiger partial charge in [-0.25, -0.2) is 4.98 Å².